The molecule has 3 aromatic rings. The molecule has 0 fully saturated rings. The van der Waals surface area contributed by atoms with Crippen LogP contribution in [-0.2, 0) is 0 Å². The van der Waals surface area contributed by atoms with E-state index in [1.54, 1.807) is 16.5 Å². The Morgan fingerprint density at radius 1 is 1.15 bits per heavy atom. The van der Waals surface area contributed by atoms with E-state index in [0.29, 0.717) is 17.0 Å². The molecule has 0 N–H and O–H groups in total. The average molecular weight is 311 g/mol. The van der Waals surface area contributed by atoms with Crippen LogP contribution in [0.2, 0.25) is 10.2 Å². The second kappa shape index (κ2) is 4.68. The van der Waals surface area contributed by atoms with Crippen LogP contribution in [0.5, 0.6) is 0 Å². The minimum absolute atomic E-state index is 0.00628. The van der Waals surface area contributed by atoms with Crippen molar-refractivity contribution in [2.75, 3.05) is 0 Å². The number of aromatic nitrogens is 4. The number of benzene rings is 1. The third kappa shape index (κ3) is 1.85. The summed E-state index contributed by atoms with van der Waals surface area (Å²) < 4.78 is 15.3. The highest BCUT2D eigenvalue weighted by Crippen LogP contribution is 2.30. The van der Waals surface area contributed by atoms with Gasteiger partial charge in [0.25, 0.3) is 0 Å². The van der Waals surface area contributed by atoms with Crippen molar-refractivity contribution >= 4 is 28.8 Å². The fourth-order valence-electron chi connectivity index (χ4n) is 2.03. The van der Waals surface area contributed by atoms with Gasteiger partial charge in [-0.25, -0.2) is 9.37 Å². The number of rotatable bonds is 1. The fraction of sp³-hybridized carbons (Fsp3) is 0.154. The lowest BCUT2D eigenvalue weighted by atomic mass is 10.2. The summed E-state index contributed by atoms with van der Waals surface area (Å²) in [5.74, 6) is -0.0650. The van der Waals surface area contributed by atoms with Gasteiger partial charge in [0, 0.05) is 11.3 Å². The SMILES string of the molecule is Cc1nc(Cl)c2nnc(-c3cccc(F)c3Cl)n2c1C. The highest BCUT2D eigenvalue weighted by molar-refractivity contribution is 6.33. The topological polar surface area (TPSA) is 43.1 Å². The molecule has 0 aliphatic heterocycles. The summed E-state index contributed by atoms with van der Waals surface area (Å²) in [7, 11) is 0. The van der Waals surface area contributed by atoms with Crippen molar-refractivity contribution in [1.82, 2.24) is 19.6 Å². The summed E-state index contributed by atoms with van der Waals surface area (Å²) >= 11 is 12.1. The first-order valence-corrected chi connectivity index (χ1v) is 6.58. The van der Waals surface area contributed by atoms with Gasteiger partial charge in [-0.15, -0.1) is 10.2 Å². The van der Waals surface area contributed by atoms with Gasteiger partial charge in [-0.05, 0) is 26.0 Å². The molecule has 0 aliphatic rings. The Labute approximate surface area is 124 Å². The van der Waals surface area contributed by atoms with Gasteiger partial charge >= 0.3 is 0 Å². The van der Waals surface area contributed by atoms with Crippen molar-refractivity contribution in [3.8, 4) is 11.4 Å². The summed E-state index contributed by atoms with van der Waals surface area (Å²) in [4.78, 5) is 4.18. The van der Waals surface area contributed by atoms with Crippen molar-refractivity contribution in [2.24, 2.45) is 0 Å². The second-order valence-electron chi connectivity index (χ2n) is 4.36. The van der Waals surface area contributed by atoms with Gasteiger partial charge in [0.05, 0.1) is 10.7 Å². The molecule has 0 saturated carbocycles. The molecule has 1 aromatic carbocycles. The Balaban J connectivity index is 2.41. The fourth-order valence-corrected chi connectivity index (χ4v) is 2.49. The van der Waals surface area contributed by atoms with Crippen molar-refractivity contribution in [2.45, 2.75) is 13.8 Å². The molecule has 20 heavy (non-hydrogen) atoms. The lowest BCUT2D eigenvalue weighted by molar-refractivity contribution is 0.628. The van der Waals surface area contributed by atoms with Crippen LogP contribution in [0.3, 0.4) is 0 Å². The van der Waals surface area contributed by atoms with Crippen LogP contribution < -0.4 is 0 Å². The Morgan fingerprint density at radius 2 is 1.90 bits per heavy atom. The first-order chi connectivity index (χ1) is 9.50. The summed E-state index contributed by atoms with van der Waals surface area (Å²) in [6, 6.07) is 4.55. The molecule has 0 aliphatic carbocycles. The van der Waals surface area contributed by atoms with Crippen LogP contribution in [0.4, 0.5) is 4.39 Å². The van der Waals surface area contributed by atoms with E-state index in [0.717, 1.165) is 11.4 Å². The summed E-state index contributed by atoms with van der Waals surface area (Å²) in [6.45, 7) is 3.70. The standard InChI is InChI=1S/C13H9Cl2FN4/c1-6-7(2)20-12(18-19-13(20)11(15)17-6)8-4-3-5-9(16)10(8)14/h3-5H,1-2H3. The van der Waals surface area contributed by atoms with Gasteiger partial charge in [-0.2, -0.15) is 0 Å². The van der Waals surface area contributed by atoms with Crippen LogP contribution in [-0.4, -0.2) is 19.6 Å². The van der Waals surface area contributed by atoms with Gasteiger partial charge in [-0.3, -0.25) is 4.40 Å². The number of fused-ring (bicyclic) bond motifs is 1. The second-order valence-corrected chi connectivity index (χ2v) is 5.09. The van der Waals surface area contributed by atoms with E-state index in [2.05, 4.69) is 15.2 Å². The summed E-state index contributed by atoms with van der Waals surface area (Å²) in [5.41, 5.74) is 2.45. The van der Waals surface area contributed by atoms with Crippen LogP contribution in [0.1, 0.15) is 11.4 Å². The lowest BCUT2D eigenvalue weighted by Crippen LogP contribution is -2.01. The first kappa shape index (κ1) is 13.3. The van der Waals surface area contributed by atoms with Crippen LogP contribution in [0.25, 0.3) is 17.0 Å². The molecule has 7 heteroatoms. The lowest BCUT2D eigenvalue weighted by Gasteiger charge is -2.08. The number of aryl methyl sites for hydroxylation is 2. The van der Waals surface area contributed by atoms with E-state index >= 15 is 0 Å². The number of nitrogens with zero attached hydrogens (tertiary/aromatic N) is 4. The molecule has 0 spiro atoms. The zero-order valence-electron chi connectivity index (χ0n) is 10.7. The highest BCUT2D eigenvalue weighted by Gasteiger charge is 2.18. The Hall–Kier alpha value is -1.72. The summed E-state index contributed by atoms with van der Waals surface area (Å²) in [6.07, 6.45) is 0. The maximum Gasteiger partial charge on any atom is 0.199 e. The Morgan fingerprint density at radius 3 is 2.65 bits per heavy atom. The monoisotopic (exact) mass is 310 g/mol. The zero-order chi connectivity index (χ0) is 14.4. The Kier molecular flexibility index (Phi) is 3.11. The first-order valence-electron chi connectivity index (χ1n) is 5.83. The van der Waals surface area contributed by atoms with Crippen molar-refractivity contribution in [3.63, 3.8) is 0 Å². The third-order valence-corrected chi connectivity index (χ3v) is 3.80. The van der Waals surface area contributed by atoms with Gasteiger partial charge in [-0.1, -0.05) is 29.3 Å². The van der Waals surface area contributed by atoms with Gasteiger partial charge in [0.1, 0.15) is 5.82 Å². The normalized spacial score (nSPS) is 11.2. The minimum Gasteiger partial charge on any atom is -0.275 e. The molecule has 0 radical (unpaired) electrons. The van der Waals surface area contributed by atoms with Gasteiger partial charge in [0.15, 0.2) is 16.6 Å². The number of hydrogen-bond donors (Lipinski definition) is 0. The predicted molar refractivity (Wildman–Crippen MR) is 75.7 cm³/mol. The maximum atomic E-state index is 13.6. The van der Waals surface area contributed by atoms with Gasteiger partial charge < -0.3 is 0 Å². The molecule has 0 bridgehead atoms. The minimum atomic E-state index is -0.504. The summed E-state index contributed by atoms with van der Waals surface area (Å²) in [5, 5.41) is 8.33. The van der Waals surface area contributed by atoms with E-state index in [-0.39, 0.29) is 10.2 Å². The predicted octanol–water partition coefficient (Wildman–Crippen LogP) is 3.85. The molecule has 0 unspecified atom stereocenters. The molecule has 102 valence electrons. The number of halogens is 3. The molecule has 3 rings (SSSR count). The average Bonchev–Trinajstić information content (AvgIpc) is 2.84. The van der Waals surface area contributed by atoms with E-state index in [9.17, 15) is 4.39 Å². The third-order valence-electron chi connectivity index (χ3n) is 3.16. The van der Waals surface area contributed by atoms with Crippen molar-refractivity contribution < 1.29 is 4.39 Å². The molecule has 2 aromatic heterocycles. The van der Waals surface area contributed by atoms with E-state index in [1.807, 2.05) is 13.8 Å². The molecule has 2 heterocycles. The van der Waals surface area contributed by atoms with E-state index in [4.69, 9.17) is 23.2 Å². The number of hydrogen-bond acceptors (Lipinski definition) is 3. The highest BCUT2D eigenvalue weighted by atomic mass is 35.5. The largest absolute Gasteiger partial charge is 0.275 e. The van der Waals surface area contributed by atoms with Crippen LogP contribution in [0, 0.1) is 19.7 Å². The van der Waals surface area contributed by atoms with E-state index < -0.39 is 5.82 Å². The quantitative estimate of drug-likeness (QED) is 0.685. The Bertz CT molecular complexity index is 829. The van der Waals surface area contributed by atoms with E-state index in [1.165, 1.54) is 6.07 Å². The molecule has 0 amide bonds. The smallest absolute Gasteiger partial charge is 0.199 e. The molecule has 4 nitrogen and oxygen atoms in total. The molecule has 0 saturated heterocycles. The van der Waals surface area contributed by atoms with Crippen molar-refractivity contribution in [3.05, 3.63) is 45.6 Å². The van der Waals surface area contributed by atoms with Crippen LogP contribution in [0.15, 0.2) is 18.2 Å². The molecular formula is C13H9Cl2FN4. The maximum absolute atomic E-state index is 13.6. The zero-order valence-corrected chi connectivity index (χ0v) is 12.2. The van der Waals surface area contributed by atoms with Gasteiger partial charge in [0.2, 0.25) is 0 Å². The van der Waals surface area contributed by atoms with Crippen molar-refractivity contribution in [1.29, 1.82) is 0 Å². The molecular weight excluding hydrogens is 302 g/mol. The molecule has 0 atom stereocenters. The van der Waals surface area contributed by atoms with Crippen LogP contribution >= 0.6 is 23.2 Å².